The minimum absolute atomic E-state index is 0.304. The van der Waals surface area contributed by atoms with E-state index in [0.717, 1.165) is 30.9 Å². The number of hydrogen-bond donors (Lipinski definition) is 2. The normalized spacial score (nSPS) is 36.2. The third-order valence-corrected chi connectivity index (χ3v) is 4.47. The summed E-state index contributed by atoms with van der Waals surface area (Å²) in [7, 11) is 0. The molecule has 1 heterocycles. The fourth-order valence-corrected chi connectivity index (χ4v) is 3.03. The number of nitrogens with one attached hydrogen (secondary N) is 2. The third-order valence-electron chi connectivity index (χ3n) is 4.47. The molecule has 3 heteroatoms. The van der Waals surface area contributed by atoms with Gasteiger partial charge in [0.25, 0.3) is 0 Å². The Labute approximate surface area is 105 Å². The van der Waals surface area contributed by atoms with Gasteiger partial charge in [0.1, 0.15) is 0 Å². The van der Waals surface area contributed by atoms with Gasteiger partial charge < -0.3 is 10.6 Å². The van der Waals surface area contributed by atoms with Crippen LogP contribution in [0.1, 0.15) is 47.0 Å². The molecule has 0 aromatic carbocycles. The van der Waals surface area contributed by atoms with Crippen LogP contribution < -0.4 is 10.6 Å². The molecule has 0 amide bonds. The second-order valence-corrected chi connectivity index (χ2v) is 6.54. The van der Waals surface area contributed by atoms with E-state index in [0.29, 0.717) is 11.5 Å². The van der Waals surface area contributed by atoms with Crippen molar-refractivity contribution in [1.82, 2.24) is 10.6 Å². The van der Waals surface area contributed by atoms with E-state index >= 15 is 0 Å². The van der Waals surface area contributed by atoms with Crippen molar-refractivity contribution < 1.29 is 0 Å². The predicted molar refractivity (Wildman–Crippen MR) is 73.2 cm³/mol. The zero-order chi connectivity index (χ0) is 12.5. The average Bonchev–Trinajstić information content (AvgIpc) is 2.63. The molecule has 2 N–H and O–H groups in total. The van der Waals surface area contributed by atoms with E-state index < -0.39 is 0 Å². The van der Waals surface area contributed by atoms with Gasteiger partial charge >= 0.3 is 0 Å². The number of rotatable bonds is 2. The van der Waals surface area contributed by atoms with Crippen LogP contribution in [0.3, 0.4) is 0 Å². The lowest BCUT2D eigenvalue weighted by Crippen LogP contribution is -2.51. The van der Waals surface area contributed by atoms with E-state index in [1.807, 2.05) is 0 Å². The average molecular weight is 237 g/mol. The van der Waals surface area contributed by atoms with Gasteiger partial charge in [-0.2, -0.15) is 0 Å². The first-order chi connectivity index (χ1) is 8.02. The Morgan fingerprint density at radius 3 is 2.71 bits per heavy atom. The Kier molecular flexibility index (Phi) is 3.64. The monoisotopic (exact) mass is 237 g/mol. The van der Waals surface area contributed by atoms with Gasteiger partial charge in [0.05, 0.1) is 0 Å². The van der Waals surface area contributed by atoms with Crippen LogP contribution in [0.5, 0.6) is 0 Å². The molecular weight excluding hydrogens is 210 g/mol. The Bertz CT molecular complexity index is 296. The Balaban J connectivity index is 1.88. The highest BCUT2D eigenvalue weighted by molar-refractivity contribution is 5.80. The summed E-state index contributed by atoms with van der Waals surface area (Å²) >= 11 is 0. The zero-order valence-electron chi connectivity index (χ0n) is 11.7. The SMILES string of the molecule is CCC1CCC(NC2=NCC(C)(C)CN2)C1C. The number of aliphatic imine (C=N–C) groups is 1. The standard InChI is InChI=1S/C14H27N3/c1-5-11-6-7-12(10(11)2)17-13-15-8-14(3,4)9-16-13/h10-12H,5-9H2,1-4H3,(H2,15,16,17). The Hall–Kier alpha value is -0.730. The van der Waals surface area contributed by atoms with Crippen molar-refractivity contribution >= 4 is 5.96 Å². The molecule has 1 aliphatic heterocycles. The maximum absolute atomic E-state index is 4.63. The second-order valence-electron chi connectivity index (χ2n) is 6.54. The number of hydrogen-bond acceptors (Lipinski definition) is 3. The van der Waals surface area contributed by atoms with Crippen molar-refractivity contribution in [2.75, 3.05) is 13.1 Å². The van der Waals surface area contributed by atoms with Crippen LogP contribution in [0, 0.1) is 17.3 Å². The highest BCUT2D eigenvalue weighted by Crippen LogP contribution is 2.33. The van der Waals surface area contributed by atoms with Crippen LogP contribution in [0.25, 0.3) is 0 Å². The van der Waals surface area contributed by atoms with Crippen molar-refractivity contribution in [1.29, 1.82) is 0 Å². The van der Waals surface area contributed by atoms with Crippen LogP contribution in [0.15, 0.2) is 4.99 Å². The van der Waals surface area contributed by atoms with Crippen LogP contribution >= 0.6 is 0 Å². The highest BCUT2D eigenvalue weighted by atomic mass is 15.2. The van der Waals surface area contributed by atoms with Gasteiger partial charge in [-0.05, 0) is 24.7 Å². The van der Waals surface area contributed by atoms with Gasteiger partial charge in [-0.3, -0.25) is 4.99 Å². The first-order valence-corrected chi connectivity index (χ1v) is 7.07. The van der Waals surface area contributed by atoms with Crippen LogP contribution in [0.2, 0.25) is 0 Å². The Morgan fingerprint density at radius 1 is 1.41 bits per heavy atom. The van der Waals surface area contributed by atoms with E-state index in [2.05, 4.69) is 43.3 Å². The van der Waals surface area contributed by atoms with E-state index in [1.54, 1.807) is 0 Å². The molecule has 98 valence electrons. The molecule has 0 radical (unpaired) electrons. The van der Waals surface area contributed by atoms with Gasteiger partial charge in [0, 0.05) is 24.5 Å². The third kappa shape index (κ3) is 2.93. The number of nitrogens with zero attached hydrogens (tertiary/aromatic N) is 1. The molecule has 3 atom stereocenters. The smallest absolute Gasteiger partial charge is 0.191 e. The lowest BCUT2D eigenvalue weighted by molar-refractivity contribution is 0.343. The molecule has 0 bridgehead atoms. The van der Waals surface area contributed by atoms with Crippen molar-refractivity contribution in [3.8, 4) is 0 Å². The summed E-state index contributed by atoms with van der Waals surface area (Å²) in [5, 5.41) is 7.04. The summed E-state index contributed by atoms with van der Waals surface area (Å²) in [6.07, 6.45) is 3.98. The van der Waals surface area contributed by atoms with Gasteiger partial charge in [0.2, 0.25) is 0 Å². The molecule has 1 aliphatic carbocycles. The summed E-state index contributed by atoms with van der Waals surface area (Å²) in [4.78, 5) is 4.63. The summed E-state index contributed by atoms with van der Waals surface area (Å²) in [5.74, 6) is 2.70. The van der Waals surface area contributed by atoms with Crippen LogP contribution in [0.4, 0.5) is 0 Å². The van der Waals surface area contributed by atoms with E-state index in [1.165, 1.54) is 19.3 Å². The van der Waals surface area contributed by atoms with Gasteiger partial charge in [-0.25, -0.2) is 0 Å². The molecule has 0 saturated heterocycles. The summed E-state index contributed by atoms with van der Waals surface area (Å²) in [5.41, 5.74) is 0.304. The molecule has 3 nitrogen and oxygen atoms in total. The molecule has 2 aliphatic rings. The van der Waals surface area contributed by atoms with Gasteiger partial charge in [-0.1, -0.05) is 34.1 Å². The van der Waals surface area contributed by atoms with Crippen LogP contribution in [-0.4, -0.2) is 25.1 Å². The molecule has 3 unspecified atom stereocenters. The van der Waals surface area contributed by atoms with E-state index in [9.17, 15) is 0 Å². The molecule has 0 spiro atoms. The van der Waals surface area contributed by atoms with Gasteiger partial charge in [0.15, 0.2) is 5.96 Å². The molecule has 1 fully saturated rings. The molecule has 2 rings (SSSR count). The maximum atomic E-state index is 4.63. The lowest BCUT2D eigenvalue weighted by atomic mass is 9.92. The molecule has 0 aromatic rings. The maximum Gasteiger partial charge on any atom is 0.191 e. The Morgan fingerprint density at radius 2 is 2.18 bits per heavy atom. The minimum Gasteiger partial charge on any atom is -0.356 e. The van der Waals surface area contributed by atoms with E-state index in [4.69, 9.17) is 0 Å². The lowest BCUT2D eigenvalue weighted by Gasteiger charge is -2.31. The van der Waals surface area contributed by atoms with Crippen molar-refractivity contribution in [2.45, 2.75) is 53.0 Å². The summed E-state index contributed by atoms with van der Waals surface area (Å²) < 4.78 is 0. The van der Waals surface area contributed by atoms with Crippen molar-refractivity contribution in [3.05, 3.63) is 0 Å². The van der Waals surface area contributed by atoms with E-state index in [-0.39, 0.29) is 0 Å². The first kappa shape index (κ1) is 12.7. The fourth-order valence-electron chi connectivity index (χ4n) is 3.03. The zero-order valence-corrected chi connectivity index (χ0v) is 11.7. The summed E-state index contributed by atoms with van der Waals surface area (Å²) in [6, 6.07) is 0.618. The molecule has 17 heavy (non-hydrogen) atoms. The minimum atomic E-state index is 0.304. The van der Waals surface area contributed by atoms with Crippen molar-refractivity contribution in [2.24, 2.45) is 22.2 Å². The molecular formula is C14H27N3. The molecule has 0 aromatic heterocycles. The van der Waals surface area contributed by atoms with Crippen LogP contribution in [-0.2, 0) is 0 Å². The topological polar surface area (TPSA) is 36.4 Å². The highest BCUT2D eigenvalue weighted by Gasteiger charge is 2.32. The van der Waals surface area contributed by atoms with Crippen molar-refractivity contribution in [3.63, 3.8) is 0 Å². The second kappa shape index (κ2) is 4.87. The predicted octanol–water partition coefficient (Wildman–Crippen LogP) is 2.39. The number of guanidine groups is 1. The quantitative estimate of drug-likeness (QED) is 0.773. The first-order valence-electron chi connectivity index (χ1n) is 7.07. The van der Waals surface area contributed by atoms with Gasteiger partial charge in [-0.15, -0.1) is 0 Å². The largest absolute Gasteiger partial charge is 0.356 e. The summed E-state index contributed by atoms with van der Waals surface area (Å²) in [6.45, 7) is 11.2. The molecule has 1 saturated carbocycles. The fraction of sp³-hybridized carbons (Fsp3) is 0.929.